The number of halogens is 5. The first-order valence-electron chi connectivity index (χ1n) is 11.9. The predicted octanol–water partition coefficient (Wildman–Crippen LogP) is 7.83. The minimum absolute atomic E-state index is 0.219. The number of rotatable bonds is 1. The summed E-state index contributed by atoms with van der Waals surface area (Å²) in [7, 11) is 0. The van der Waals surface area contributed by atoms with Crippen LogP contribution >= 0.6 is 39.1 Å². The van der Waals surface area contributed by atoms with E-state index in [1.54, 1.807) is 64.0 Å². The SMILES string of the molecule is N#CBr.Nc1ccc(Cl)nc1C1=Cc2c(F)cccc2C1.Nc1nc2ccc(Cl)nc2c2cc3c(F)cccc3n12. The van der Waals surface area contributed by atoms with Gasteiger partial charge in [0.2, 0.25) is 5.95 Å². The maximum absolute atomic E-state index is 13.9. The van der Waals surface area contributed by atoms with Crippen molar-refractivity contribution in [2.24, 2.45) is 0 Å². The molecule has 0 atom stereocenters. The van der Waals surface area contributed by atoms with E-state index in [0.29, 0.717) is 61.1 Å². The number of nitrogens with two attached hydrogens (primary N) is 2. The van der Waals surface area contributed by atoms with Crippen molar-refractivity contribution in [3.63, 3.8) is 0 Å². The van der Waals surface area contributed by atoms with Gasteiger partial charge in [0.05, 0.1) is 27.9 Å². The van der Waals surface area contributed by atoms with E-state index in [4.69, 9.17) is 39.9 Å². The van der Waals surface area contributed by atoms with Gasteiger partial charge in [0.25, 0.3) is 0 Å². The van der Waals surface area contributed by atoms with E-state index >= 15 is 0 Å². The molecule has 0 saturated carbocycles. The molecule has 4 heterocycles. The van der Waals surface area contributed by atoms with E-state index in [1.165, 1.54) is 12.1 Å². The zero-order chi connectivity index (χ0) is 29.3. The molecule has 0 amide bonds. The van der Waals surface area contributed by atoms with Crippen molar-refractivity contribution in [2.75, 3.05) is 11.5 Å². The van der Waals surface area contributed by atoms with Crippen molar-refractivity contribution in [3.05, 3.63) is 105 Å². The number of anilines is 2. The Balaban J connectivity index is 0.000000151. The second-order valence-electron chi connectivity index (χ2n) is 8.82. The van der Waals surface area contributed by atoms with Crippen LogP contribution in [0.5, 0.6) is 0 Å². The van der Waals surface area contributed by atoms with E-state index < -0.39 is 0 Å². The Bertz CT molecular complexity index is 2040. The van der Waals surface area contributed by atoms with Crippen molar-refractivity contribution in [1.29, 1.82) is 5.26 Å². The smallest absolute Gasteiger partial charge is 0.205 e. The lowest BCUT2D eigenvalue weighted by atomic mass is 10.1. The summed E-state index contributed by atoms with van der Waals surface area (Å²) in [4.78, 5) is 14.3. The van der Waals surface area contributed by atoms with Gasteiger partial charge in [-0.2, -0.15) is 5.26 Å². The monoisotopic (exact) mass is 651 g/mol. The van der Waals surface area contributed by atoms with Crippen LogP contribution in [0.25, 0.3) is 39.1 Å². The van der Waals surface area contributed by atoms with Gasteiger partial charge in [-0.3, -0.25) is 4.40 Å². The van der Waals surface area contributed by atoms with Crippen LogP contribution < -0.4 is 11.5 Å². The normalized spacial score (nSPS) is 11.8. The highest BCUT2D eigenvalue weighted by atomic mass is 79.9. The fourth-order valence-electron chi connectivity index (χ4n) is 4.68. The number of pyridine rings is 2. The molecule has 0 aliphatic heterocycles. The summed E-state index contributed by atoms with van der Waals surface area (Å²) in [5.41, 5.74) is 18.1. The number of nitriles is 1. The molecule has 0 saturated heterocycles. The van der Waals surface area contributed by atoms with E-state index in [-0.39, 0.29) is 17.6 Å². The maximum Gasteiger partial charge on any atom is 0.205 e. The van der Waals surface area contributed by atoms with Crippen LogP contribution in [0.3, 0.4) is 0 Å². The number of nitrogen functional groups attached to an aromatic ring is 2. The highest BCUT2D eigenvalue weighted by Gasteiger charge is 2.19. The Morgan fingerprint density at radius 1 is 0.878 bits per heavy atom. The second-order valence-corrected chi connectivity index (χ2v) is 9.95. The molecule has 1 aliphatic rings. The zero-order valence-corrected chi connectivity index (χ0v) is 24.0. The summed E-state index contributed by atoms with van der Waals surface area (Å²) in [6, 6.07) is 18.4. The van der Waals surface area contributed by atoms with Gasteiger partial charge in [-0.1, -0.05) is 41.4 Å². The molecule has 4 aromatic heterocycles. The largest absolute Gasteiger partial charge is 0.397 e. The van der Waals surface area contributed by atoms with Crippen LogP contribution in [0.2, 0.25) is 10.3 Å². The van der Waals surface area contributed by atoms with Crippen molar-refractivity contribution < 1.29 is 8.78 Å². The predicted molar refractivity (Wildman–Crippen MR) is 164 cm³/mol. The lowest BCUT2D eigenvalue weighted by Crippen LogP contribution is -2.01. The topological polar surface area (TPSA) is 119 Å². The first-order chi connectivity index (χ1) is 19.7. The van der Waals surface area contributed by atoms with Crippen LogP contribution in [0.4, 0.5) is 20.4 Å². The summed E-state index contributed by atoms with van der Waals surface area (Å²) >= 11 is 14.3. The van der Waals surface area contributed by atoms with Gasteiger partial charge >= 0.3 is 0 Å². The zero-order valence-electron chi connectivity index (χ0n) is 20.9. The maximum atomic E-state index is 13.9. The minimum atomic E-state index is -0.305. The van der Waals surface area contributed by atoms with Crippen molar-refractivity contribution >= 4 is 89.9 Å². The van der Waals surface area contributed by atoms with E-state index in [9.17, 15) is 8.78 Å². The number of allylic oxidation sites excluding steroid dienone is 1. The first kappa shape index (κ1) is 28.2. The molecule has 0 unspecified atom stereocenters. The number of hydrogen-bond acceptors (Lipinski definition) is 6. The number of benzene rings is 2. The third kappa shape index (κ3) is 5.52. The van der Waals surface area contributed by atoms with Gasteiger partial charge in [0.1, 0.15) is 32.4 Å². The molecule has 1 aliphatic carbocycles. The molecule has 7 rings (SSSR count). The molecule has 7 nitrogen and oxygen atoms in total. The van der Waals surface area contributed by atoms with E-state index in [1.807, 2.05) is 6.07 Å². The van der Waals surface area contributed by atoms with Crippen LogP contribution in [0, 0.1) is 21.9 Å². The highest BCUT2D eigenvalue weighted by molar-refractivity contribution is 9.12. The summed E-state index contributed by atoms with van der Waals surface area (Å²) < 4.78 is 29.2. The molecule has 4 N–H and O–H groups in total. The van der Waals surface area contributed by atoms with Crippen LogP contribution in [-0.2, 0) is 6.42 Å². The lowest BCUT2D eigenvalue weighted by Gasteiger charge is -2.05. The van der Waals surface area contributed by atoms with E-state index in [2.05, 4.69) is 30.9 Å². The molecule has 0 bridgehead atoms. The van der Waals surface area contributed by atoms with Gasteiger partial charge in [-0.15, -0.1) is 0 Å². The average Bonchev–Trinajstić information content (AvgIpc) is 3.56. The summed E-state index contributed by atoms with van der Waals surface area (Å²) in [6.45, 7) is 0. The fraction of sp³-hybridized carbons (Fsp3) is 0.0345. The molecule has 41 heavy (non-hydrogen) atoms. The Labute approximate surface area is 250 Å². The third-order valence-corrected chi connectivity index (χ3v) is 6.80. The molecule has 0 spiro atoms. The fourth-order valence-corrected chi connectivity index (χ4v) is 4.97. The van der Waals surface area contributed by atoms with E-state index in [0.717, 1.165) is 11.1 Å². The van der Waals surface area contributed by atoms with Gasteiger partial charge in [-0.25, -0.2) is 23.7 Å². The number of hydrogen-bond donors (Lipinski definition) is 2. The first-order valence-corrected chi connectivity index (χ1v) is 13.5. The average molecular weight is 653 g/mol. The third-order valence-electron chi connectivity index (χ3n) is 6.38. The molecule has 2 aromatic carbocycles. The molecule has 6 aromatic rings. The number of nitrogens with zero attached hydrogens (tertiary/aromatic N) is 5. The standard InChI is InChI=1S/C14H8ClFN4.C14H10ClFN2.CBrN/c15-12-5-4-9-13(19-12)11-6-7-8(16)2-1-3-10(7)20(11)14(17)18-9;15-13-5-4-12(17)14(18-13)9-6-8-2-1-3-11(16)10(8)7-9;2-1-3/h1-6H,(H2,17,18);1-5,7H,6,17H2;. The van der Waals surface area contributed by atoms with Gasteiger partial charge in [0.15, 0.2) is 0 Å². The Kier molecular flexibility index (Phi) is 8.03. The number of aromatic nitrogens is 4. The molecule has 0 fully saturated rings. The van der Waals surface area contributed by atoms with Gasteiger partial charge in [0, 0.05) is 33.3 Å². The minimum Gasteiger partial charge on any atom is -0.397 e. The molecule has 0 radical (unpaired) electrons. The molecular formula is C29H18BrCl2F2N7. The van der Waals surface area contributed by atoms with Crippen molar-refractivity contribution in [3.8, 4) is 4.98 Å². The Morgan fingerprint density at radius 3 is 2.32 bits per heavy atom. The molecule has 12 heteroatoms. The Hall–Kier alpha value is -4.30. The van der Waals surface area contributed by atoms with Gasteiger partial charge in [-0.05, 0) is 65.7 Å². The molecular weight excluding hydrogens is 635 g/mol. The second kappa shape index (κ2) is 11.7. The highest BCUT2D eigenvalue weighted by Crippen LogP contribution is 2.35. The summed E-state index contributed by atoms with van der Waals surface area (Å²) in [5.74, 6) is -0.235. The van der Waals surface area contributed by atoms with Gasteiger partial charge < -0.3 is 11.5 Å². The Morgan fingerprint density at radius 2 is 1.56 bits per heavy atom. The number of fused-ring (bicyclic) bond motifs is 6. The lowest BCUT2D eigenvalue weighted by molar-refractivity contribution is 0.624. The van der Waals surface area contributed by atoms with Crippen LogP contribution in [0.1, 0.15) is 16.8 Å². The van der Waals surface area contributed by atoms with Crippen LogP contribution in [0.15, 0.2) is 66.7 Å². The quantitative estimate of drug-likeness (QED) is 0.175. The molecule has 204 valence electrons. The van der Waals surface area contributed by atoms with Crippen LogP contribution in [-0.4, -0.2) is 19.4 Å². The summed E-state index contributed by atoms with van der Waals surface area (Å²) in [5, 5.41) is 8.46. The van der Waals surface area contributed by atoms with Crippen molar-refractivity contribution in [1.82, 2.24) is 19.4 Å². The summed E-state index contributed by atoms with van der Waals surface area (Å²) in [6.07, 6.45) is 2.42. The van der Waals surface area contributed by atoms with Crippen molar-refractivity contribution in [2.45, 2.75) is 6.42 Å².